The number of nitrogens with one attached hydrogen (secondary N) is 2. The number of aromatic amines is 1. The first kappa shape index (κ1) is 15.4. The summed E-state index contributed by atoms with van der Waals surface area (Å²) in [5, 5.41) is 0. The smallest absolute Gasteiger partial charge is 0.408 e. The maximum absolute atomic E-state index is 12.7. The number of aromatic nitrogens is 1. The first-order valence-corrected chi connectivity index (χ1v) is 8.47. The second kappa shape index (κ2) is 5.27. The maximum Gasteiger partial charge on any atom is 0.417 e. The molecule has 0 atom stereocenters. The van der Waals surface area contributed by atoms with Crippen LogP contribution in [-0.2, 0) is 10.0 Å². The Bertz CT molecular complexity index is 1040. The molecule has 0 spiro atoms. The van der Waals surface area contributed by atoms with E-state index in [0.717, 1.165) is 11.1 Å². The third-order valence-electron chi connectivity index (χ3n) is 3.48. The zero-order valence-corrected chi connectivity index (χ0v) is 13.7. The Labute approximate surface area is 133 Å². The summed E-state index contributed by atoms with van der Waals surface area (Å²) in [4.78, 5) is 13.8. The SMILES string of the molecule is Cc1cc(C)cc(NS(=O)(=O)c2cc3oc(=O)[nH]c3cc2C)c1. The Hall–Kier alpha value is -2.54. The Balaban J connectivity index is 2.08. The topological polar surface area (TPSA) is 92.2 Å². The van der Waals surface area contributed by atoms with Gasteiger partial charge in [0.1, 0.15) is 0 Å². The van der Waals surface area contributed by atoms with E-state index in [1.54, 1.807) is 25.1 Å². The summed E-state index contributed by atoms with van der Waals surface area (Å²) >= 11 is 0. The molecule has 2 aromatic carbocycles. The number of anilines is 1. The van der Waals surface area contributed by atoms with E-state index >= 15 is 0 Å². The molecule has 2 N–H and O–H groups in total. The molecule has 0 saturated heterocycles. The molecule has 0 fully saturated rings. The van der Waals surface area contributed by atoms with E-state index in [1.807, 2.05) is 19.9 Å². The molecule has 0 radical (unpaired) electrons. The molecular formula is C16H16N2O4S. The summed E-state index contributed by atoms with van der Waals surface area (Å²) in [6, 6.07) is 8.41. The third kappa shape index (κ3) is 3.00. The van der Waals surface area contributed by atoms with Crippen LogP contribution < -0.4 is 10.5 Å². The van der Waals surface area contributed by atoms with Crippen LogP contribution in [0.1, 0.15) is 16.7 Å². The third-order valence-corrected chi connectivity index (χ3v) is 5.00. The van der Waals surface area contributed by atoms with Crippen LogP contribution in [-0.4, -0.2) is 13.4 Å². The Kier molecular flexibility index (Phi) is 3.52. The normalized spacial score (nSPS) is 11.8. The van der Waals surface area contributed by atoms with Gasteiger partial charge in [-0.3, -0.25) is 9.71 Å². The minimum absolute atomic E-state index is 0.0758. The summed E-state index contributed by atoms with van der Waals surface area (Å²) in [5.74, 6) is -0.615. The molecular weight excluding hydrogens is 316 g/mol. The maximum atomic E-state index is 12.7. The molecule has 3 rings (SSSR count). The molecule has 0 bridgehead atoms. The number of aryl methyl sites for hydroxylation is 3. The number of hydrogen-bond donors (Lipinski definition) is 2. The van der Waals surface area contributed by atoms with E-state index < -0.39 is 15.8 Å². The van der Waals surface area contributed by atoms with Crippen LogP contribution in [0.15, 0.2) is 44.4 Å². The van der Waals surface area contributed by atoms with Crippen molar-refractivity contribution in [3.8, 4) is 0 Å². The van der Waals surface area contributed by atoms with Crippen molar-refractivity contribution in [1.82, 2.24) is 4.98 Å². The molecule has 0 saturated carbocycles. The van der Waals surface area contributed by atoms with Crippen LogP contribution in [0.4, 0.5) is 5.69 Å². The summed E-state index contributed by atoms with van der Waals surface area (Å²) in [7, 11) is -3.79. The number of rotatable bonds is 3. The van der Waals surface area contributed by atoms with Gasteiger partial charge in [-0.05, 0) is 55.7 Å². The average molecular weight is 332 g/mol. The summed E-state index contributed by atoms with van der Waals surface area (Å²) in [6.07, 6.45) is 0. The number of fused-ring (bicyclic) bond motifs is 1. The van der Waals surface area contributed by atoms with E-state index in [1.165, 1.54) is 6.07 Å². The van der Waals surface area contributed by atoms with Gasteiger partial charge in [-0.1, -0.05) is 6.07 Å². The van der Waals surface area contributed by atoms with Crippen molar-refractivity contribution in [2.45, 2.75) is 25.7 Å². The molecule has 3 aromatic rings. The fourth-order valence-corrected chi connectivity index (χ4v) is 3.90. The zero-order valence-electron chi connectivity index (χ0n) is 12.9. The highest BCUT2D eigenvalue weighted by Crippen LogP contribution is 2.24. The molecule has 1 aromatic heterocycles. The largest absolute Gasteiger partial charge is 0.417 e. The molecule has 0 aliphatic rings. The van der Waals surface area contributed by atoms with Crippen LogP contribution in [0.3, 0.4) is 0 Å². The molecule has 23 heavy (non-hydrogen) atoms. The standard InChI is InChI=1S/C16H16N2O4S/c1-9-4-10(2)6-12(5-9)18-23(20,21)15-8-14-13(7-11(15)3)17-16(19)22-14/h4-8,18H,1-3H3,(H,17,19). The zero-order chi connectivity index (χ0) is 16.8. The Morgan fingerprint density at radius 3 is 2.30 bits per heavy atom. The van der Waals surface area contributed by atoms with E-state index in [9.17, 15) is 13.2 Å². The van der Waals surface area contributed by atoms with Gasteiger partial charge in [0.15, 0.2) is 5.58 Å². The van der Waals surface area contributed by atoms with Crippen molar-refractivity contribution in [2.24, 2.45) is 0 Å². The van der Waals surface area contributed by atoms with Gasteiger partial charge in [0.05, 0.1) is 10.4 Å². The van der Waals surface area contributed by atoms with Gasteiger partial charge in [-0.15, -0.1) is 0 Å². The van der Waals surface area contributed by atoms with Crippen molar-refractivity contribution in [3.05, 3.63) is 57.6 Å². The van der Waals surface area contributed by atoms with E-state index in [0.29, 0.717) is 16.8 Å². The predicted octanol–water partition coefficient (Wildman–Crippen LogP) is 2.85. The minimum atomic E-state index is -3.79. The van der Waals surface area contributed by atoms with Crippen LogP contribution in [0.5, 0.6) is 0 Å². The van der Waals surface area contributed by atoms with Gasteiger partial charge in [0, 0.05) is 11.8 Å². The summed E-state index contributed by atoms with van der Waals surface area (Å²) in [6.45, 7) is 5.47. The van der Waals surface area contributed by atoms with Gasteiger partial charge in [-0.25, -0.2) is 13.2 Å². The van der Waals surface area contributed by atoms with Crippen LogP contribution >= 0.6 is 0 Å². The highest BCUT2D eigenvalue weighted by molar-refractivity contribution is 7.92. The molecule has 0 unspecified atom stereocenters. The highest BCUT2D eigenvalue weighted by atomic mass is 32.2. The minimum Gasteiger partial charge on any atom is -0.408 e. The quantitative estimate of drug-likeness (QED) is 0.771. The van der Waals surface area contributed by atoms with Crippen molar-refractivity contribution in [2.75, 3.05) is 4.72 Å². The lowest BCUT2D eigenvalue weighted by molar-refractivity contribution is 0.554. The van der Waals surface area contributed by atoms with Gasteiger partial charge in [0.25, 0.3) is 10.0 Å². The van der Waals surface area contributed by atoms with Crippen LogP contribution in [0.2, 0.25) is 0 Å². The number of hydrogen-bond acceptors (Lipinski definition) is 4. The summed E-state index contributed by atoms with van der Waals surface area (Å²) in [5.41, 5.74) is 3.63. The van der Waals surface area contributed by atoms with Crippen molar-refractivity contribution >= 4 is 26.8 Å². The fourth-order valence-electron chi connectivity index (χ4n) is 2.62. The fraction of sp³-hybridized carbons (Fsp3) is 0.188. The van der Waals surface area contributed by atoms with Crippen molar-refractivity contribution in [3.63, 3.8) is 0 Å². The number of H-pyrrole nitrogens is 1. The number of oxazole rings is 1. The molecule has 1 heterocycles. The molecule has 0 aliphatic carbocycles. The van der Waals surface area contributed by atoms with Crippen LogP contribution in [0.25, 0.3) is 11.1 Å². The lowest BCUT2D eigenvalue weighted by atomic mass is 10.1. The van der Waals surface area contributed by atoms with E-state index in [2.05, 4.69) is 9.71 Å². The van der Waals surface area contributed by atoms with Crippen molar-refractivity contribution < 1.29 is 12.8 Å². The monoisotopic (exact) mass is 332 g/mol. The summed E-state index contributed by atoms with van der Waals surface area (Å²) < 4.78 is 32.8. The second-order valence-corrected chi connectivity index (χ2v) is 7.26. The molecule has 6 nitrogen and oxygen atoms in total. The molecule has 7 heteroatoms. The van der Waals surface area contributed by atoms with Gasteiger partial charge in [-0.2, -0.15) is 0 Å². The lowest BCUT2D eigenvalue weighted by Crippen LogP contribution is -2.14. The Morgan fingerprint density at radius 2 is 1.65 bits per heavy atom. The first-order chi connectivity index (χ1) is 10.7. The predicted molar refractivity (Wildman–Crippen MR) is 88.3 cm³/mol. The molecule has 120 valence electrons. The lowest BCUT2D eigenvalue weighted by Gasteiger charge is -2.11. The number of sulfonamides is 1. The molecule has 0 aliphatic heterocycles. The second-order valence-electron chi connectivity index (χ2n) is 5.61. The first-order valence-electron chi connectivity index (χ1n) is 6.99. The van der Waals surface area contributed by atoms with Gasteiger partial charge < -0.3 is 4.42 Å². The van der Waals surface area contributed by atoms with Gasteiger partial charge in [0.2, 0.25) is 0 Å². The van der Waals surface area contributed by atoms with E-state index in [4.69, 9.17) is 4.42 Å². The van der Waals surface area contributed by atoms with Gasteiger partial charge >= 0.3 is 5.76 Å². The highest BCUT2D eigenvalue weighted by Gasteiger charge is 2.19. The van der Waals surface area contributed by atoms with Crippen molar-refractivity contribution in [1.29, 1.82) is 0 Å². The average Bonchev–Trinajstić information content (AvgIpc) is 2.74. The number of benzene rings is 2. The molecule has 0 amide bonds. The van der Waals surface area contributed by atoms with E-state index in [-0.39, 0.29) is 10.5 Å². The van der Waals surface area contributed by atoms with Crippen LogP contribution in [0, 0.1) is 20.8 Å². The Morgan fingerprint density at radius 1 is 1.00 bits per heavy atom.